The van der Waals surface area contributed by atoms with Crippen molar-refractivity contribution in [3.05, 3.63) is 65.2 Å². The van der Waals surface area contributed by atoms with E-state index in [0.717, 1.165) is 5.56 Å². The van der Waals surface area contributed by atoms with Gasteiger partial charge in [-0.2, -0.15) is 0 Å². The zero-order valence-corrected chi connectivity index (χ0v) is 12.2. The summed E-state index contributed by atoms with van der Waals surface area (Å²) in [4.78, 5) is 18.0. The monoisotopic (exact) mass is 303 g/mol. The van der Waals surface area contributed by atoms with Crippen LogP contribution in [0.4, 0.5) is 4.39 Å². The van der Waals surface area contributed by atoms with Crippen LogP contribution < -0.4 is 5.73 Å². The third kappa shape index (κ3) is 3.82. The van der Waals surface area contributed by atoms with Crippen molar-refractivity contribution in [2.24, 2.45) is 5.73 Å². The summed E-state index contributed by atoms with van der Waals surface area (Å²) in [5.41, 5.74) is 7.24. The van der Waals surface area contributed by atoms with Crippen molar-refractivity contribution in [2.75, 3.05) is 7.05 Å². The van der Waals surface area contributed by atoms with E-state index in [-0.39, 0.29) is 16.7 Å². The Morgan fingerprint density at radius 3 is 2.48 bits per heavy atom. The number of halogens is 1. The molecule has 2 N–H and O–H groups in total. The van der Waals surface area contributed by atoms with Gasteiger partial charge in [0.25, 0.3) is 5.91 Å². The van der Waals surface area contributed by atoms with E-state index in [4.69, 9.17) is 18.0 Å². The predicted octanol–water partition coefficient (Wildman–Crippen LogP) is 2.13. The van der Waals surface area contributed by atoms with E-state index in [1.807, 2.05) is 0 Å². The molecule has 0 spiro atoms. The molecular weight excluding hydrogens is 289 g/mol. The van der Waals surface area contributed by atoms with Crippen molar-refractivity contribution in [3.8, 4) is 0 Å². The molecule has 1 aromatic carbocycles. The summed E-state index contributed by atoms with van der Waals surface area (Å²) in [5, 5.41) is 0. The first-order valence-corrected chi connectivity index (χ1v) is 6.64. The van der Waals surface area contributed by atoms with E-state index >= 15 is 0 Å². The summed E-state index contributed by atoms with van der Waals surface area (Å²) in [6, 6.07) is 9.25. The highest BCUT2D eigenvalue weighted by Gasteiger charge is 2.13. The van der Waals surface area contributed by atoms with Crippen molar-refractivity contribution >= 4 is 23.1 Å². The van der Waals surface area contributed by atoms with Gasteiger partial charge < -0.3 is 10.6 Å². The lowest BCUT2D eigenvalue weighted by molar-refractivity contribution is 0.0779. The summed E-state index contributed by atoms with van der Waals surface area (Å²) >= 11 is 4.83. The number of nitrogens with zero attached hydrogens (tertiary/aromatic N) is 2. The molecule has 1 amide bonds. The molecule has 0 bridgehead atoms. The molecule has 0 aliphatic carbocycles. The Morgan fingerprint density at radius 1 is 1.29 bits per heavy atom. The first-order chi connectivity index (χ1) is 9.97. The average Bonchev–Trinajstić information content (AvgIpc) is 2.49. The quantitative estimate of drug-likeness (QED) is 0.879. The fourth-order valence-corrected chi connectivity index (χ4v) is 1.92. The molecule has 0 radical (unpaired) electrons. The Balaban J connectivity index is 2.08. The van der Waals surface area contributed by atoms with Gasteiger partial charge in [0.15, 0.2) is 0 Å². The van der Waals surface area contributed by atoms with E-state index in [1.54, 1.807) is 31.3 Å². The predicted molar refractivity (Wildman–Crippen MR) is 82.3 cm³/mol. The van der Waals surface area contributed by atoms with Gasteiger partial charge in [-0.3, -0.25) is 9.78 Å². The van der Waals surface area contributed by atoms with Crippen molar-refractivity contribution in [2.45, 2.75) is 6.54 Å². The highest BCUT2D eigenvalue weighted by atomic mass is 32.1. The van der Waals surface area contributed by atoms with Crippen LogP contribution in [0.3, 0.4) is 0 Å². The zero-order valence-electron chi connectivity index (χ0n) is 11.4. The molecule has 0 saturated carbocycles. The normalized spacial score (nSPS) is 10.2. The number of nitrogens with two attached hydrogens (primary N) is 1. The number of carbonyl (C=O) groups excluding carboxylic acids is 1. The molecule has 108 valence electrons. The number of benzene rings is 1. The summed E-state index contributed by atoms with van der Waals surface area (Å²) in [7, 11) is 1.66. The minimum absolute atomic E-state index is 0.228. The maximum absolute atomic E-state index is 12.8. The van der Waals surface area contributed by atoms with E-state index < -0.39 is 0 Å². The smallest absolute Gasteiger partial charge is 0.272 e. The van der Waals surface area contributed by atoms with Crippen molar-refractivity contribution in [1.82, 2.24) is 9.88 Å². The molecule has 2 rings (SSSR count). The van der Waals surface area contributed by atoms with Crippen LogP contribution in [-0.4, -0.2) is 27.8 Å². The highest BCUT2D eigenvalue weighted by molar-refractivity contribution is 7.80. The fourth-order valence-electron chi connectivity index (χ4n) is 1.80. The molecule has 0 aliphatic rings. The van der Waals surface area contributed by atoms with E-state index in [0.29, 0.717) is 17.8 Å². The SMILES string of the molecule is CN(Cc1ccc(F)cc1)C(=O)c1ccc(C(N)=S)cn1. The van der Waals surface area contributed by atoms with E-state index in [2.05, 4.69) is 4.98 Å². The van der Waals surface area contributed by atoms with Crippen LogP contribution in [0.25, 0.3) is 0 Å². The van der Waals surface area contributed by atoms with Crippen LogP contribution in [0.15, 0.2) is 42.6 Å². The summed E-state index contributed by atoms with van der Waals surface area (Å²) in [5.74, 6) is -0.531. The Kier molecular flexibility index (Phi) is 4.59. The number of pyridine rings is 1. The van der Waals surface area contributed by atoms with Gasteiger partial charge in [0.05, 0.1) is 0 Å². The summed E-state index contributed by atoms with van der Waals surface area (Å²) < 4.78 is 12.8. The van der Waals surface area contributed by atoms with Crippen molar-refractivity contribution in [1.29, 1.82) is 0 Å². The summed E-state index contributed by atoms with van der Waals surface area (Å²) in [6.07, 6.45) is 1.47. The molecule has 0 fully saturated rings. The van der Waals surface area contributed by atoms with Crippen LogP contribution in [0.1, 0.15) is 21.6 Å². The maximum Gasteiger partial charge on any atom is 0.272 e. The standard InChI is InChI=1S/C15H14FN3OS/c1-19(9-10-2-5-12(16)6-3-10)15(20)13-7-4-11(8-18-13)14(17)21/h2-8H,9H2,1H3,(H2,17,21). The molecule has 1 aromatic heterocycles. The highest BCUT2D eigenvalue weighted by Crippen LogP contribution is 2.09. The number of aromatic nitrogens is 1. The van der Waals surface area contributed by atoms with Gasteiger partial charge in [-0.15, -0.1) is 0 Å². The van der Waals surface area contributed by atoms with Gasteiger partial charge in [0, 0.05) is 25.4 Å². The van der Waals surface area contributed by atoms with Gasteiger partial charge in [-0.25, -0.2) is 4.39 Å². The topological polar surface area (TPSA) is 59.2 Å². The number of hydrogen-bond donors (Lipinski definition) is 1. The lowest BCUT2D eigenvalue weighted by Gasteiger charge is -2.17. The molecule has 0 atom stereocenters. The first kappa shape index (κ1) is 15.1. The Morgan fingerprint density at radius 2 is 1.95 bits per heavy atom. The lowest BCUT2D eigenvalue weighted by atomic mass is 10.2. The largest absolute Gasteiger partial charge is 0.389 e. The lowest BCUT2D eigenvalue weighted by Crippen LogP contribution is -2.27. The Hall–Kier alpha value is -2.34. The first-order valence-electron chi connectivity index (χ1n) is 6.23. The fraction of sp³-hybridized carbons (Fsp3) is 0.133. The number of thiocarbonyl (C=S) groups is 1. The molecule has 0 saturated heterocycles. The minimum atomic E-state index is -0.303. The third-order valence-corrected chi connectivity index (χ3v) is 3.18. The second-order valence-electron chi connectivity index (χ2n) is 4.58. The van der Waals surface area contributed by atoms with Crippen LogP contribution in [-0.2, 0) is 6.54 Å². The number of carbonyl (C=O) groups is 1. The van der Waals surface area contributed by atoms with Crippen LogP contribution in [0.2, 0.25) is 0 Å². The number of amides is 1. The Labute approximate surface area is 127 Å². The van der Waals surface area contributed by atoms with Crippen LogP contribution in [0.5, 0.6) is 0 Å². The average molecular weight is 303 g/mol. The third-order valence-electron chi connectivity index (χ3n) is 2.95. The van der Waals surface area contributed by atoms with Gasteiger partial charge in [0.1, 0.15) is 16.5 Å². The van der Waals surface area contributed by atoms with E-state index in [1.165, 1.54) is 23.2 Å². The molecule has 1 heterocycles. The molecule has 0 unspecified atom stereocenters. The van der Waals surface area contributed by atoms with Gasteiger partial charge in [0.2, 0.25) is 0 Å². The van der Waals surface area contributed by atoms with Gasteiger partial charge in [-0.1, -0.05) is 24.4 Å². The molecule has 21 heavy (non-hydrogen) atoms. The minimum Gasteiger partial charge on any atom is -0.389 e. The Bertz CT molecular complexity index is 656. The second-order valence-corrected chi connectivity index (χ2v) is 5.02. The molecule has 0 aliphatic heterocycles. The van der Waals surface area contributed by atoms with Gasteiger partial charge >= 0.3 is 0 Å². The summed E-state index contributed by atoms with van der Waals surface area (Å²) in [6.45, 7) is 0.373. The molecule has 2 aromatic rings. The van der Waals surface area contributed by atoms with Crippen LogP contribution in [0, 0.1) is 5.82 Å². The number of rotatable bonds is 4. The van der Waals surface area contributed by atoms with Crippen molar-refractivity contribution < 1.29 is 9.18 Å². The van der Waals surface area contributed by atoms with Gasteiger partial charge in [-0.05, 0) is 29.8 Å². The number of hydrogen-bond acceptors (Lipinski definition) is 3. The molecule has 4 nitrogen and oxygen atoms in total. The second kappa shape index (κ2) is 6.41. The van der Waals surface area contributed by atoms with Crippen LogP contribution >= 0.6 is 12.2 Å². The molecular formula is C15H14FN3OS. The maximum atomic E-state index is 12.8. The van der Waals surface area contributed by atoms with Crippen molar-refractivity contribution in [3.63, 3.8) is 0 Å². The molecule has 6 heteroatoms. The zero-order chi connectivity index (χ0) is 15.4. The van der Waals surface area contributed by atoms with E-state index in [9.17, 15) is 9.18 Å².